The lowest BCUT2D eigenvalue weighted by Gasteiger charge is -2.22. The van der Waals surface area contributed by atoms with Gasteiger partial charge in [-0.2, -0.15) is 0 Å². The fourth-order valence-corrected chi connectivity index (χ4v) is 3.07. The highest BCUT2D eigenvalue weighted by Crippen LogP contribution is 2.30. The van der Waals surface area contributed by atoms with Crippen LogP contribution in [0.5, 0.6) is 0 Å². The number of benzene rings is 1. The van der Waals surface area contributed by atoms with E-state index in [4.69, 9.17) is 5.11 Å². The average molecular weight is 255 g/mol. The number of fused-ring (bicyclic) bond motifs is 1. The standard InChI is InChI=1S/C10H9NO5S/c1-5-10(14)17(15,16)8-4-6(9(12)13)2-3-7(8)11-5/h2-5,11H,1H3,(H,12,13). The molecule has 90 valence electrons. The molecule has 0 radical (unpaired) electrons. The van der Waals surface area contributed by atoms with Crippen molar-refractivity contribution in [2.75, 3.05) is 5.32 Å². The van der Waals surface area contributed by atoms with Crippen LogP contribution in [-0.2, 0) is 14.6 Å². The maximum absolute atomic E-state index is 11.8. The van der Waals surface area contributed by atoms with Crippen LogP contribution in [0, 0.1) is 0 Å². The normalized spacial score (nSPS) is 21.5. The molecule has 0 saturated carbocycles. The quantitative estimate of drug-likeness (QED) is 0.757. The van der Waals surface area contributed by atoms with Crippen molar-refractivity contribution in [1.82, 2.24) is 0 Å². The number of rotatable bonds is 1. The van der Waals surface area contributed by atoms with E-state index in [1.807, 2.05) is 0 Å². The number of aromatic carboxylic acids is 1. The molecule has 1 aromatic rings. The highest BCUT2D eigenvalue weighted by Gasteiger charge is 2.37. The Hall–Kier alpha value is -1.89. The molecule has 6 nitrogen and oxygen atoms in total. The van der Waals surface area contributed by atoms with E-state index in [1.165, 1.54) is 19.1 Å². The van der Waals surface area contributed by atoms with E-state index in [-0.39, 0.29) is 16.1 Å². The number of carbonyl (C=O) groups excluding carboxylic acids is 1. The topological polar surface area (TPSA) is 101 Å². The van der Waals surface area contributed by atoms with Gasteiger partial charge in [-0.3, -0.25) is 4.79 Å². The molecule has 0 amide bonds. The number of anilines is 1. The van der Waals surface area contributed by atoms with Gasteiger partial charge in [0.2, 0.25) is 9.84 Å². The summed E-state index contributed by atoms with van der Waals surface area (Å²) in [5.74, 6) is -1.24. The van der Waals surface area contributed by atoms with Crippen molar-refractivity contribution in [3.63, 3.8) is 0 Å². The van der Waals surface area contributed by atoms with Crippen LogP contribution in [0.2, 0.25) is 0 Å². The van der Waals surface area contributed by atoms with Gasteiger partial charge >= 0.3 is 5.97 Å². The van der Waals surface area contributed by atoms with Gasteiger partial charge < -0.3 is 10.4 Å². The summed E-state index contributed by atoms with van der Waals surface area (Å²) in [4.78, 5) is 22.0. The van der Waals surface area contributed by atoms with Gasteiger partial charge in [0.15, 0.2) is 0 Å². The van der Waals surface area contributed by atoms with Crippen LogP contribution in [0.3, 0.4) is 0 Å². The Balaban J connectivity index is 2.70. The summed E-state index contributed by atoms with van der Waals surface area (Å²) >= 11 is 0. The SMILES string of the molecule is CC1Nc2ccc(C(=O)O)cc2S(=O)(=O)C1=O. The van der Waals surface area contributed by atoms with Crippen molar-refractivity contribution in [3.8, 4) is 0 Å². The molecule has 1 aromatic carbocycles. The Bertz CT molecular complexity index is 620. The monoisotopic (exact) mass is 255 g/mol. The van der Waals surface area contributed by atoms with Gasteiger partial charge in [0.05, 0.1) is 22.2 Å². The zero-order valence-electron chi connectivity index (χ0n) is 8.80. The van der Waals surface area contributed by atoms with Crippen molar-refractivity contribution in [3.05, 3.63) is 23.8 Å². The third-order valence-corrected chi connectivity index (χ3v) is 4.31. The van der Waals surface area contributed by atoms with Crippen LogP contribution in [0.25, 0.3) is 0 Å². The molecule has 0 aliphatic carbocycles. The molecule has 0 saturated heterocycles. The van der Waals surface area contributed by atoms with Crippen molar-refractivity contribution >= 4 is 26.6 Å². The van der Waals surface area contributed by atoms with Crippen LogP contribution < -0.4 is 5.32 Å². The first-order valence-corrected chi connectivity index (χ1v) is 6.25. The smallest absolute Gasteiger partial charge is 0.335 e. The molecule has 2 rings (SSSR count). The molecule has 0 spiro atoms. The summed E-state index contributed by atoms with van der Waals surface area (Å²) < 4.78 is 23.6. The van der Waals surface area contributed by atoms with Gasteiger partial charge in [0.1, 0.15) is 0 Å². The summed E-state index contributed by atoms with van der Waals surface area (Å²) in [7, 11) is -4.09. The van der Waals surface area contributed by atoms with Gasteiger partial charge in [0.25, 0.3) is 5.12 Å². The molecular weight excluding hydrogens is 246 g/mol. The first-order chi connectivity index (χ1) is 7.84. The van der Waals surface area contributed by atoms with Crippen LogP contribution in [0.4, 0.5) is 5.69 Å². The Labute approximate surface area is 97.2 Å². The van der Waals surface area contributed by atoms with Crippen molar-refractivity contribution in [2.24, 2.45) is 0 Å². The van der Waals surface area contributed by atoms with Crippen LogP contribution >= 0.6 is 0 Å². The zero-order valence-corrected chi connectivity index (χ0v) is 9.61. The highest BCUT2D eigenvalue weighted by molar-refractivity contribution is 8.06. The third-order valence-electron chi connectivity index (χ3n) is 2.51. The number of hydrogen-bond donors (Lipinski definition) is 2. The molecule has 1 aliphatic heterocycles. The average Bonchev–Trinajstić information content (AvgIpc) is 2.26. The number of sulfone groups is 1. The van der Waals surface area contributed by atoms with Crippen LogP contribution in [0.15, 0.2) is 23.1 Å². The summed E-state index contributed by atoms with van der Waals surface area (Å²) in [6.45, 7) is 1.44. The maximum Gasteiger partial charge on any atom is 0.335 e. The van der Waals surface area contributed by atoms with E-state index in [0.29, 0.717) is 0 Å². The predicted octanol–water partition coefficient (Wildman–Crippen LogP) is 0.499. The molecule has 1 heterocycles. The van der Waals surface area contributed by atoms with Gasteiger partial charge in [-0.05, 0) is 25.1 Å². The fraction of sp³-hybridized carbons (Fsp3) is 0.200. The number of hydrogen-bond acceptors (Lipinski definition) is 5. The van der Waals surface area contributed by atoms with Crippen LogP contribution in [0.1, 0.15) is 17.3 Å². The summed E-state index contributed by atoms with van der Waals surface area (Å²) in [6.07, 6.45) is 0. The summed E-state index contributed by atoms with van der Waals surface area (Å²) in [5, 5.41) is 10.5. The minimum Gasteiger partial charge on any atom is -0.478 e. The van der Waals surface area contributed by atoms with Gasteiger partial charge in [-0.15, -0.1) is 0 Å². The van der Waals surface area contributed by atoms with E-state index < -0.39 is 27.0 Å². The van der Waals surface area contributed by atoms with Crippen LogP contribution in [-0.4, -0.2) is 30.7 Å². The third kappa shape index (κ3) is 1.68. The molecule has 17 heavy (non-hydrogen) atoms. The number of carboxylic acid groups (broad SMARTS) is 1. The number of nitrogens with one attached hydrogen (secondary N) is 1. The van der Waals surface area contributed by atoms with Crippen molar-refractivity contribution in [1.29, 1.82) is 0 Å². The van der Waals surface area contributed by atoms with E-state index in [2.05, 4.69) is 5.32 Å². The van der Waals surface area contributed by atoms with E-state index in [1.54, 1.807) is 0 Å². The molecule has 0 aromatic heterocycles. The Kier molecular flexibility index (Phi) is 2.43. The molecule has 1 aliphatic rings. The Morgan fingerprint density at radius 3 is 2.65 bits per heavy atom. The lowest BCUT2D eigenvalue weighted by Crippen LogP contribution is -2.37. The second-order valence-corrected chi connectivity index (χ2v) is 5.55. The van der Waals surface area contributed by atoms with E-state index in [0.717, 1.165) is 6.07 Å². The van der Waals surface area contributed by atoms with E-state index >= 15 is 0 Å². The number of carbonyl (C=O) groups is 2. The van der Waals surface area contributed by atoms with Gasteiger partial charge in [0, 0.05) is 0 Å². The molecule has 7 heteroatoms. The largest absolute Gasteiger partial charge is 0.478 e. The maximum atomic E-state index is 11.8. The first kappa shape index (κ1) is 11.6. The Morgan fingerprint density at radius 2 is 2.06 bits per heavy atom. The Morgan fingerprint density at radius 1 is 1.41 bits per heavy atom. The minimum absolute atomic E-state index is 0.170. The minimum atomic E-state index is -4.09. The fourth-order valence-electron chi connectivity index (χ4n) is 1.63. The van der Waals surface area contributed by atoms with Crippen molar-refractivity contribution < 1.29 is 23.1 Å². The lowest BCUT2D eigenvalue weighted by molar-refractivity contribution is -0.112. The number of carboxylic acids is 1. The molecule has 1 unspecified atom stereocenters. The lowest BCUT2D eigenvalue weighted by atomic mass is 10.2. The second-order valence-electron chi connectivity index (χ2n) is 3.70. The van der Waals surface area contributed by atoms with Gasteiger partial charge in [-0.1, -0.05) is 0 Å². The molecular formula is C10H9NO5S. The molecule has 0 fully saturated rings. The summed E-state index contributed by atoms with van der Waals surface area (Å²) in [6, 6.07) is 2.79. The summed E-state index contributed by atoms with van der Waals surface area (Å²) in [5.41, 5.74) is 0.0820. The zero-order chi connectivity index (χ0) is 12.8. The van der Waals surface area contributed by atoms with Gasteiger partial charge in [-0.25, -0.2) is 13.2 Å². The molecule has 2 N–H and O–H groups in total. The first-order valence-electron chi connectivity index (χ1n) is 4.77. The second kappa shape index (κ2) is 3.56. The predicted molar refractivity (Wildman–Crippen MR) is 58.7 cm³/mol. The van der Waals surface area contributed by atoms with E-state index in [9.17, 15) is 18.0 Å². The molecule has 0 bridgehead atoms. The molecule has 1 atom stereocenters. The van der Waals surface area contributed by atoms with Crippen molar-refractivity contribution in [2.45, 2.75) is 17.9 Å². The highest BCUT2D eigenvalue weighted by atomic mass is 32.2.